The van der Waals surface area contributed by atoms with E-state index in [4.69, 9.17) is 4.74 Å². The van der Waals surface area contributed by atoms with Gasteiger partial charge in [0.15, 0.2) is 0 Å². The van der Waals surface area contributed by atoms with E-state index in [0.717, 1.165) is 29.3 Å². The van der Waals surface area contributed by atoms with E-state index in [0.29, 0.717) is 5.69 Å². The molecule has 0 saturated heterocycles. The number of sulfonamides is 1. The Morgan fingerprint density at radius 3 is 2.30 bits per heavy atom. The minimum Gasteiger partial charge on any atom is -0.475 e. The minimum absolute atomic E-state index is 0.133. The smallest absolute Gasteiger partial charge is 0.417 e. The van der Waals surface area contributed by atoms with E-state index in [2.05, 4.69) is 14.9 Å². The third kappa shape index (κ3) is 5.33. The lowest BCUT2D eigenvalue weighted by Gasteiger charge is -2.13. The summed E-state index contributed by atoms with van der Waals surface area (Å²) in [6, 6.07) is 15.0. The lowest BCUT2D eigenvalue weighted by atomic mass is 10.1. The Kier molecular flexibility index (Phi) is 6.37. The van der Waals surface area contributed by atoms with Crippen LogP contribution < -0.4 is 9.46 Å². The van der Waals surface area contributed by atoms with Crippen LogP contribution in [-0.4, -0.2) is 31.8 Å². The van der Waals surface area contributed by atoms with Gasteiger partial charge in [0.1, 0.15) is 6.61 Å². The van der Waals surface area contributed by atoms with Gasteiger partial charge in [0.25, 0.3) is 0 Å². The van der Waals surface area contributed by atoms with Crippen LogP contribution in [0.1, 0.15) is 11.1 Å². The lowest BCUT2D eigenvalue weighted by molar-refractivity contribution is -0.139. The molecule has 3 rings (SSSR count). The van der Waals surface area contributed by atoms with Crippen LogP contribution in [0.3, 0.4) is 0 Å². The van der Waals surface area contributed by atoms with E-state index in [9.17, 15) is 21.6 Å². The Hall–Kier alpha value is -2.98. The summed E-state index contributed by atoms with van der Waals surface area (Å²) in [4.78, 5) is -0.834. The molecule has 6 nitrogen and oxygen atoms in total. The second kappa shape index (κ2) is 8.80. The van der Waals surface area contributed by atoms with Crippen molar-refractivity contribution in [3.8, 4) is 17.1 Å². The molecule has 158 valence electrons. The molecule has 0 spiro atoms. The predicted octanol–water partition coefficient (Wildman–Crippen LogP) is 3.83. The maximum absolute atomic E-state index is 13.0. The number of nitrogens with zero attached hydrogens (tertiary/aromatic N) is 2. The molecule has 0 saturated carbocycles. The zero-order valence-corrected chi connectivity index (χ0v) is 16.7. The summed E-state index contributed by atoms with van der Waals surface area (Å²) in [6.07, 6.45) is -4.78. The van der Waals surface area contributed by atoms with Gasteiger partial charge in [-0.15, -0.1) is 10.2 Å². The number of hydrogen-bond donors (Lipinski definition) is 1. The zero-order valence-electron chi connectivity index (χ0n) is 15.8. The SMILES string of the molecule is Cc1ccc(-c2ccc(OCCNS(=O)(=O)c3ccccc3C(F)(F)F)nn2)cc1. The standard InChI is InChI=1S/C20H18F3N3O3S/c1-14-6-8-15(9-7-14)17-10-11-19(26-25-17)29-13-12-24-30(27,28)18-5-3-2-4-16(18)20(21,22)23/h2-11,24H,12-13H2,1H3. The van der Waals surface area contributed by atoms with Crippen LogP contribution in [0.15, 0.2) is 65.6 Å². The first kappa shape index (κ1) is 21.7. The number of halogens is 3. The Bertz CT molecular complexity index is 1100. The average molecular weight is 437 g/mol. The average Bonchev–Trinajstić information content (AvgIpc) is 2.72. The molecule has 0 unspecified atom stereocenters. The van der Waals surface area contributed by atoms with Crippen molar-refractivity contribution in [2.24, 2.45) is 0 Å². The Labute approximate surface area is 171 Å². The maximum atomic E-state index is 13.0. The molecule has 1 heterocycles. The van der Waals surface area contributed by atoms with Gasteiger partial charge in [-0.25, -0.2) is 13.1 Å². The van der Waals surface area contributed by atoms with Crippen molar-refractivity contribution in [1.82, 2.24) is 14.9 Å². The van der Waals surface area contributed by atoms with Crippen molar-refractivity contribution < 1.29 is 26.3 Å². The molecule has 0 aliphatic rings. The third-order valence-electron chi connectivity index (χ3n) is 4.11. The molecule has 1 aromatic heterocycles. The predicted molar refractivity (Wildman–Crippen MR) is 104 cm³/mol. The van der Waals surface area contributed by atoms with Gasteiger partial charge in [-0.2, -0.15) is 13.2 Å². The van der Waals surface area contributed by atoms with Gasteiger partial charge in [0, 0.05) is 18.2 Å². The summed E-state index contributed by atoms with van der Waals surface area (Å²) in [5.74, 6) is 0.167. The molecule has 0 aliphatic carbocycles. The quantitative estimate of drug-likeness (QED) is 0.569. The van der Waals surface area contributed by atoms with Gasteiger partial charge in [-0.3, -0.25) is 0 Å². The van der Waals surface area contributed by atoms with Gasteiger partial charge < -0.3 is 4.74 Å². The number of alkyl halides is 3. The topological polar surface area (TPSA) is 81.2 Å². The van der Waals surface area contributed by atoms with Gasteiger partial charge in [-0.05, 0) is 25.1 Å². The molecule has 3 aromatic rings. The normalized spacial score (nSPS) is 12.0. The van der Waals surface area contributed by atoms with Crippen molar-refractivity contribution in [1.29, 1.82) is 0 Å². The summed E-state index contributed by atoms with van der Waals surface area (Å²) in [7, 11) is -4.36. The second-order valence-electron chi connectivity index (χ2n) is 6.36. The minimum atomic E-state index is -4.78. The van der Waals surface area contributed by atoms with Crippen LogP contribution in [-0.2, 0) is 16.2 Å². The summed E-state index contributed by atoms with van der Waals surface area (Å²) < 4.78 is 71.0. The molecular formula is C20H18F3N3O3S. The fourth-order valence-electron chi connectivity index (χ4n) is 2.62. The number of rotatable bonds is 7. The number of benzene rings is 2. The molecule has 0 fully saturated rings. The largest absolute Gasteiger partial charge is 0.475 e. The van der Waals surface area contributed by atoms with E-state index in [1.54, 1.807) is 12.1 Å². The monoisotopic (exact) mass is 437 g/mol. The Morgan fingerprint density at radius 2 is 1.67 bits per heavy atom. The number of aromatic nitrogens is 2. The molecule has 0 radical (unpaired) electrons. The zero-order chi connectivity index (χ0) is 21.8. The first-order chi connectivity index (χ1) is 14.2. The Morgan fingerprint density at radius 1 is 0.967 bits per heavy atom. The summed E-state index contributed by atoms with van der Waals surface area (Å²) in [5.41, 5.74) is 1.42. The lowest BCUT2D eigenvalue weighted by Crippen LogP contribution is -2.30. The third-order valence-corrected chi connectivity index (χ3v) is 5.63. The summed E-state index contributed by atoms with van der Waals surface area (Å²) in [6.45, 7) is 1.60. The van der Waals surface area contributed by atoms with Crippen molar-refractivity contribution in [3.63, 3.8) is 0 Å². The molecule has 0 aliphatic heterocycles. The van der Waals surface area contributed by atoms with Gasteiger partial charge >= 0.3 is 6.18 Å². The van der Waals surface area contributed by atoms with E-state index >= 15 is 0 Å². The van der Waals surface area contributed by atoms with E-state index in [1.165, 1.54) is 6.07 Å². The molecular weight excluding hydrogens is 419 g/mol. The number of hydrogen-bond acceptors (Lipinski definition) is 5. The van der Waals surface area contributed by atoms with Crippen molar-refractivity contribution in [3.05, 3.63) is 71.8 Å². The van der Waals surface area contributed by atoms with Gasteiger partial charge in [0.05, 0.1) is 16.2 Å². The molecule has 30 heavy (non-hydrogen) atoms. The van der Waals surface area contributed by atoms with E-state index < -0.39 is 26.7 Å². The Balaban J connectivity index is 1.58. The maximum Gasteiger partial charge on any atom is 0.417 e. The first-order valence-electron chi connectivity index (χ1n) is 8.86. The molecule has 2 aromatic carbocycles. The van der Waals surface area contributed by atoms with Crippen LogP contribution in [0.5, 0.6) is 5.88 Å². The molecule has 1 N–H and O–H groups in total. The highest BCUT2D eigenvalue weighted by Gasteiger charge is 2.36. The number of nitrogens with one attached hydrogen (secondary N) is 1. The highest BCUT2D eigenvalue weighted by Crippen LogP contribution is 2.33. The van der Waals surface area contributed by atoms with E-state index in [-0.39, 0.29) is 19.0 Å². The van der Waals surface area contributed by atoms with Crippen molar-refractivity contribution in [2.45, 2.75) is 18.0 Å². The van der Waals surface area contributed by atoms with Crippen molar-refractivity contribution >= 4 is 10.0 Å². The second-order valence-corrected chi connectivity index (χ2v) is 8.10. The fraction of sp³-hybridized carbons (Fsp3) is 0.200. The van der Waals surface area contributed by atoms with Crippen LogP contribution in [0.25, 0.3) is 11.3 Å². The first-order valence-corrected chi connectivity index (χ1v) is 10.3. The van der Waals surface area contributed by atoms with Crippen LogP contribution in [0, 0.1) is 6.92 Å². The van der Waals surface area contributed by atoms with Crippen molar-refractivity contribution in [2.75, 3.05) is 13.2 Å². The number of ether oxygens (including phenoxy) is 1. The van der Waals surface area contributed by atoms with Gasteiger partial charge in [0.2, 0.25) is 15.9 Å². The van der Waals surface area contributed by atoms with Crippen LogP contribution in [0.2, 0.25) is 0 Å². The van der Waals surface area contributed by atoms with Crippen LogP contribution >= 0.6 is 0 Å². The highest BCUT2D eigenvalue weighted by atomic mass is 32.2. The number of aryl methyl sites for hydroxylation is 1. The molecule has 0 bridgehead atoms. The van der Waals surface area contributed by atoms with Gasteiger partial charge in [-0.1, -0.05) is 42.0 Å². The molecule has 0 atom stereocenters. The molecule has 10 heteroatoms. The highest BCUT2D eigenvalue weighted by molar-refractivity contribution is 7.89. The summed E-state index contributed by atoms with van der Waals surface area (Å²) >= 11 is 0. The van der Waals surface area contributed by atoms with Crippen LogP contribution in [0.4, 0.5) is 13.2 Å². The fourth-order valence-corrected chi connectivity index (χ4v) is 3.86. The van der Waals surface area contributed by atoms with E-state index in [1.807, 2.05) is 31.2 Å². The molecule has 0 amide bonds. The summed E-state index contributed by atoms with van der Waals surface area (Å²) in [5, 5.41) is 7.97.